The van der Waals surface area contributed by atoms with Crippen molar-refractivity contribution in [3.05, 3.63) is 47.8 Å². The van der Waals surface area contributed by atoms with Gasteiger partial charge in [0.2, 0.25) is 5.91 Å². The molecular weight excluding hydrogens is 244 g/mol. The number of aromatic nitrogens is 1. The Kier molecular flexibility index (Phi) is 3.97. The molecule has 0 unspecified atom stereocenters. The van der Waals surface area contributed by atoms with Crippen LogP contribution in [0.15, 0.2) is 36.5 Å². The Morgan fingerprint density at radius 2 is 2.05 bits per heavy atom. The highest BCUT2D eigenvalue weighted by Crippen LogP contribution is 2.14. The summed E-state index contributed by atoms with van der Waals surface area (Å²) in [6, 6.07) is 8.91. The number of amides is 1. The van der Waals surface area contributed by atoms with E-state index in [0.29, 0.717) is 17.7 Å². The number of nitrogens with one attached hydrogen (secondary N) is 2. The lowest BCUT2D eigenvalue weighted by Gasteiger charge is -2.05. The van der Waals surface area contributed by atoms with Gasteiger partial charge in [-0.3, -0.25) is 9.59 Å². The van der Waals surface area contributed by atoms with Crippen molar-refractivity contribution >= 4 is 17.9 Å². The summed E-state index contributed by atoms with van der Waals surface area (Å²) in [5, 5.41) is 2.69. The first kappa shape index (κ1) is 12.9. The van der Waals surface area contributed by atoms with Crippen LogP contribution in [-0.2, 0) is 11.2 Å². The van der Waals surface area contributed by atoms with Crippen LogP contribution in [0, 0.1) is 0 Å². The third-order valence-electron chi connectivity index (χ3n) is 2.69. The predicted molar refractivity (Wildman–Crippen MR) is 71.5 cm³/mol. The van der Waals surface area contributed by atoms with Crippen LogP contribution >= 0.6 is 0 Å². The number of anilines is 1. The molecule has 2 aromatic rings. The molecule has 0 saturated heterocycles. The van der Waals surface area contributed by atoms with Gasteiger partial charge in [-0.25, -0.2) is 0 Å². The maximum absolute atomic E-state index is 11.8. The fourth-order valence-electron chi connectivity index (χ4n) is 1.71. The Morgan fingerprint density at radius 3 is 2.68 bits per heavy atom. The summed E-state index contributed by atoms with van der Waals surface area (Å²) >= 11 is 0. The maximum Gasteiger partial charge on any atom is 0.228 e. The number of aromatic amines is 1. The predicted octanol–water partition coefficient (Wildman–Crippen LogP) is 2.02. The lowest BCUT2D eigenvalue weighted by Crippen LogP contribution is -2.14. The van der Waals surface area contributed by atoms with Gasteiger partial charge in [0.05, 0.1) is 19.2 Å². The molecule has 0 saturated carbocycles. The van der Waals surface area contributed by atoms with Crippen molar-refractivity contribution in [3.8, 4) is 5.75 Å². The molecule has 0 spiro atoms. The number of carbonyl (C=O) groups is 2. The van der Waals surface area contributed by atoms with Gasteiger partial charge in [-0.15, -0.1) is 0 Å². The SMILES string of the molecule is COc1ccc(CC(=O)Nc2cc[nH]c2C=O)cc1. The third-order valence-corrected chi connectivity index (χ3v) is 2.69. The van der Waals surface area contributed by atoms with E-state index in [4.69, 9.17) is 4.74 Å². The van der Waals surface area contributed by atoms with Gasteiger partial charge in [0.25, 0.3) is 0 Å². The van der Waals surface area contributed by atoms with Crippen LogP contribution in [0.25, 0.3) is 0 Å². The summed E-state index contributed by atoms with van der Waals surface area (Å²) < 4.78 is 5.05. The van der Waals surface area contributed by atoms with Crippen molar-refractivity contribution in [2.75, 3.05) is 12.4 Å². The second kappa shape index (κ2) is 5.86. The Hall–Kier alpha value is -2.56. The van der Waals surface area contributed by atoms with Crippen LogP contribution in [-0.4, -0.2) is 24.3 Å². The minimum absolute atomic E-state index is 0.173. The number of rotatable bonds is 5. The monoisotopic (exact) mass is 258 g/mol. The van der Waals surface area contributed by atoms with E-state index in [2.05, 4.69) is 10.3 Å². The molecule has 0 atom stereocenters. The summed E-state index contributed by atoms with van der Waals surface area (Å²) in [7, 11) is 1.59. The Morgan fingerprint density at radius 1 is 1.32 bits per heavy atom. The zero-order valence-corrected chi connectivity index (χ0v) is 10.5. The van der Waals surface area contributed by atoms with Crippen LogP contribution in [0.5, 0.6) is 5.75 Å². The van der Waals surface area contributed by atoms with Crippen LogP contribution in [0.1, 0.15) is 16.1 Å². The van der Waals surface area contributed by atoms with Crippen LogP contribution in [0.3, 0.4) is 0 Å². The highest BCUT2D eigenvalue weighted by molar-refractivity contribution is 5.96. The van der Waals surface area contributed by atoms with Crippen molar-refractivity contribution in [1.29, 1.82) is 0 Å². The normalized spacial score (nSPS) is 9.95. The molecular formula is C14H14N2O3. The van der Waals surface area contributed by atoms with Gasteiger partial charge in [-0.05, 0) is 23.8 Å². The van der Waals surface area contributed by atoms with Crippen molar-refractivity contribution in [2.45, 2.75) is 6.42 Å². The minimum atomic E-state index is -0.173. The Balaban J connectivity index is 1.99. The van der Waals surface area contributed by atoms with Gasteiger partial charge in [0, 0.05) is 6.20 Å². The molecule has 0 aliphatic rings. The number of hydrogen-bond acceptors (Lipinski definition) is 3. The van der Waals surface area contributed by atoms with Gasteiger partial charge in [-0.2, -0.15) is 0 Å². The molecule has 0 radical (unpaired) electrons. The molecule has 1 amide bonds. The summed E-state index contributed by atoms with van der Waals surface area (Å²) in [5.41, 5.74) is 1.73. The number of carbonyl (C=O) groups excluding carboxylic acids is 2. The Bertz CT molecular complexity index is 573. The lowest BCUT2D eigenvalue weighted by atomic mass is 10.1. The van der Waals surface area contributed by atoms with Crippen molar-refractivity contribution in [1.82, 2.24) is 4.98 Å². The topological polar surface area (TPSA) is 71.2 Å². The zero-order valence-electron chi connectivity index (χ0n) is 10.5. The summed E-state index contributed by atoms with van der Waals surface area (Å²) in [5.74, 6) is 0.575. The lowest BCUT2D eigenvalue weighted by molar-refractivity contribution is -0.115. The van der Waals surface area contributed by atoms with Crippen molar-refractivity contribution in [3.63, 3.8) is 0 Å². The van der Waals surface area contributed by atoms with E-state index < -0.39 is 0 Å². The number of hydrogen-bond donors (Lipinski definition) is 2. The molecule has 0 aliphatic carbocycles. The first-order valence-electron chi connectivity index (χ1n) is 5.78. The highest BCUT2D eigenvalue weighted by Gasteiger charge is 2.08. The average Bonchev–Trinajstić information content (AvgIpc) is 2.86. The van der Waals surface area contributed by atoms with Crippen LogP contribution < -0.4 is 10.1 Å². The van der Waals surface area contributed by atoms with E-state index in [0.717, 1.165) is 11.3 Å². The first-order chi connectivity index (χ1) is 9.22. The molecule has 19 heavy (non-hydrogen) atoms. The standard InChI is InChI=1S/C14H14N2O3/c1-19-11-4-2-10(3-5-11)8-14(18)16-12-6-7-15-13(12)9-17/h2-7,9,15H,8H2,1H3,(H,16,18). The third kappa shape index (κ3) is 3.22. The molecule has 0 fully saturated rings. The molecule has 1 aromatic carbocycles. The number of H-pyrrole nitrogens is 1. The van der Waals surface area contributed by atoms with Gasteiger partial charge in [0.15, 0.2) is 6.29 Å². The second-order valence-electron chi connectivity index (χ2n) is 4.00. The van der Waals surface area contributed by atoms with Crippen molar-refractivity contribution in [2.24, 2.45) is 0 Å². The molecule has 0 bridgehead atoms. The molecule has 5 heteroatoms. The first-order valence-corrected chi connectivity index (χ1v) is 5.78. The highest BCUT2D eigenvalue weighted by atomic mass is 16.5. The minimum Gasteiger partial charge on any atom is -0.497 e. The van der Waals surface area contributed by atoms with E-state index in [-0.39, 0.29) is 12.3 Å². The van der Waals surface area contributed by atoms with Crippen LogP contribution in [0.4, 0.5) is 5.69 Å². The fourth-order valence-corrected chi connectivity index (χ4v) is 1.71. The number of methoxy groups -OCH3 is 1. The van der Waals surface area contributed by atoms with Gasteiger partial charge in [0.1, 0.15) is 11.4 Å². The maximum atomic E-state index is 11.8. The Labute approximate surface area is 110 Å². The van der Waals surface area contributed by atoms with E-state index in [1.54, 1.807) is 31.5 Å². The molecule has 1 heterocycles. The summed E-state index contributed by atoms with van der Waals surface area (Å²) in [6.07, 6.45) is 2.52. The molecule has 2 N–H and O–H groups in total. The van der Waals surface area contributed by atoms with E-state index in [1.807, 2.05) is 12.1 Å². The zero-order chi connectivity index (χ0) is 13.7. The number of ether oxygens (including phenoxy) is 1. The van der Waals surface area contributed by atoms with E-state index in [1.165, 1.54) is 0 Å². The number of benzene rings is 1. The molecule has 2 rings (SSSR count). The molecule has 98 valence electrons. The molecule has 5 nitrogen and oxygen atoms in total. The second-order valence-corrected chi connectivity index (χ2v) is 4.00. The summed E-state index contributed by atoms with van der Waals surface area (Å²) in [4.78, 5) is 25.3. The van der Waals surface area contributed by atoms with E-state index in [9.17, 15) is 9.59 Å². The van der Waals surface area contributed by atoms with Gasteiger partial charge < -0.3 is 15.0 Å². The average molecular weight is 258 g/mol. The molecule has 1 aromatic heterocycles. The summed E-state index contributed by atoms with van der Waals surface area (Å²) in [6.45, 7) is 0. The quantitative estimate of drug-likeness (QED) is 0.806. The van der Waals surface area contributed by atoms with Crippen molar-refractivity contribution < 1.29 is 14.3 Å². The molecule has 0 aliphatic heterocycles. The smallest absolute Gasteiger partial charge is 0.228 e. The largest absolute Gasteiger partial charge is 0.497 e. The van der Waals surface area contributed by atoms with Gasteiger partial charge in [-0.1, -0.05) is 12.1 Å². The van der Waals surface area contributed by atoms with Crippen LogP contribution in [0.2, 0.25) is 0 Å². The fraction of sp³-hybridized carbons (Fsp3) is 0.143. The van der Waals surface area contributed by atoms with Gasteiger partial charge >= 0.3 is 0 Å². The van der Waals surface area contributed by atoms with E-state index >= 15 is 0 Å². The number of aldehydes is 1.